The highest BCUT2D eigenvalue weighted by molar-refractivity contribution is 5.50. The van der Waals surface area contributed by atoms with E-state index in [2.05, 4.69) is 11.9 Å². The van der Waals surface area contributed by atoms with E-state index in [0.29, 0.717) is 5.56 Å². The number of rotatable bonds is 3. The molecule has 0 aliphatic rings. The maximum atomic E-state index is 13.4. The van der Waals surface area contributed by atoms with E-state index >= 15 is 0 Å². The van der Waals surface area contributed by atoms with Gasteiger partial charge in [0.2, 0.25) is 0 Å². The Hall–Kier alpha value is -1.38. The lowest BCUT2D eigenvalue weighted by Gasteiger charge is -2.13. The summed E-state index contributed by atoms with van der Waals surface area (Å²) in [6, 6.07) is 2.49. The van der Waals surface area contributed by atoms with Gasteiger partial charge in [-0.2, -0.15) is 0 Å². The molecule has 76 valence electrons. The van der Waals surface area contributed by atoms with Crippen molar-refractivity contribution in [3.05, 3.63) is 42.0 Å². The normalized spacial score (nSPS) is 12.3. The maximum Gasteiger partial charge on any atom is 0.152 e. The van der Waals surface area contributed by atoms with Gasteiger partial charge in [0.05, 0.1) is 0 Å². The van der Waals surface area contributed by atoms with Crippen molar-refractivity contribution in [3.8, 4) is 0 Å². The van der Waals surface area contributed by atoms with Crippen molar-refractivity contribution in [2.24, 2.45) is 0 Å². The van der Waals surface area contributed by atoms with Crippen LogP contribution in [0.5, 0.6) is 0 Å². The largest absolute Gasteiger partial charge is 0.374 e. The van der Waals surface area contributed by atoms with Gasteiger partial charge in [-0.05, 0) is 25.5 Å². The topological polar surface area (TPSA) is 12.0 Å². The molecule has 1 unspecified atom stereocenters. The van der Waals surface area contributed by atoms with Crippen molar-refractivity contribution < 1.29 is 8.78 Å². The van der Waals surface area contributed by atoms with Crippen LogP contribution in [0.25, 0.3) is 0 Å². The van der Waals surface area contributed by atoms with Crippen molar-refractivity contribution in [1.82, 2.24) is 0 Å². The minimum Gasteiger partial charge on any atom is -0.374 e. The highest BCUT2D eigenvalue weighted by Gasteiger charge is 2.11. The SMILES string of the molecule is C=CC(C)Nc1c(F)ccc(C)c1F. The van der Waals surface area contributed by atoms with Crippen molar-refractivity contribution in [1.29, 1.82) is 0 Å². The zero-order valence-corrected chi connectivity index (χ0v) is 8.27. The number of hydrogen-bond acceptors (Lipinski definition) is 1. The quantitative estimate of drug-likeness (QED) is 0.733. The standard InChI is InChI=1S/C11H13F2N/c1-4-8(3)14-11-9(12)6-5-7(2)10(11)13/h4-6,8,14H,1H2,2-3H3. The second kappa shape index (κ2) is 4.22. The molecule has 0 radical (unpaired) electrons. The molecule has 1 N–H and O–H groups in total. The molecular formula is C11H13F2N. The minimum atomic E-state index is -0.582. The summed E-state index contributed by atoms with van der Waals surface area (Å²) in [6.07, 6.45) is 1.58. The van der Waals surface area contributed by atoms with Crippen LogP contribution in [-0.4, -0.2) is 6.04 Å². The summed E-state index contributed by atoms with van der Waals surface area (Å²) >= 11 is 0. The fraction of sp³-hybridized carbons (Fsp3) is 0.273. The van der Waals surface area contributed by atoms with Gasteiger partial charge >= 0.3 is 0 Å². The van der Waals surface area contributed by atoms with Crippen molar-refractivity contribution in [3.63, 3.8) is 0 Å². The lowest BCUT2D eigenvalue weighted by Crippen LogP contribution is -2.14. The maximum absolute atomic E-state index is 13.4. The van der Waals surface area contributed by atoms with Crippen molar-refractivity contribution in [2.45, 2.75) is 19.9 Å². The van der Waals surface area contributed by atoms with Crippen molar-refractivity contribution >= 4 is 5.69 Å². The molecule has 0 aromatic heterocycles. The molecule has 0 saturated heterocycles. The van der Waals surface area contributed by atoms with Crippen LogP contribution in [0, 0.1) is 18.6 Å². The Bertz CT molecular complexity index is 347. The van der Waals surface area contributed by atoms with E-state index in [4.69, 9.17) is 0 Å². The molecule has 1 aromatic carbocycles. The molecule has 3 heteroatoms. The average molecular weight is 197 g/mol. The molecule has 1 nitrogen and oxygen atoms in total. The molecule has 1 atom stereocenters. The van der Waals surface area contributed by atoms with Gasteiger partial charge in [0.15, 0.2) is 5.82 Å². The van der Waals surface area contributed by atoms with Crippen LogP contribution in [0.4, 0.5) is 14.5 Å². The Balaban J connectivity index is 3.06. The Morgan fingerprint density at radius 3 is 2.64 bits per heavy atom. The van der Waals surface area contributed by atoms with Gasteiger partial charge in [-0.25, -0.2) is 8.78 Å². The number of nitrogens with one attached hydrogen (secondary N) is 1. The third-order valence-corrected chi connectivity index (χ3v) is 2.01. The second-order valence-electron chi connectivity index (χ2n) is 3.22. The molecule has 0 bridgehead atoms. The highest BCUT2D eigenvalue weighted by Crippen LogP contribution is 2.22. The first kappa shape index (κ1) is 10.7. The fourth-order valence-electron chi connectivity index (χ4n) is 1.08. The van der Waals surface area contributed by atoms with E-state index in [1.165, 1.54) is 12.1 Å². The summed E-state index contributed by atoms with van der Waals surface area (Å²) in [4.78, 5) is 0. The van der Waals surface area contributed by atoms with Gasteiger partial charge in [-0.3, -0.25) is 0 Å². The predicted octanol–water partition coefficient (Wildman–Crippen LogP) is 3.26. The Labute approximate surface area is 82.4 Å². The molecule has 0 fully saturated rings. The molecule has 1 aromatic rings. The number of aryl methyl sites for hydroxylation is 1. The lowest BCUT2D eigenvalue weighted by atomic mass is 10.2. The van der Waals surface area contributed by atoms with E-state index < -0.39 is 11.6 Å². The van der Waals surface area contributed by atoms with Gasteiger partial charge in [0.25, 0.3) is 0 Å². The van der Waals surface area contributed by atoms with E-state index in [0.717, 1.165) is 0 Å². The summed E-state index contributed by atoms with van der Waals surface area (Å²) in [5.41, 5.74) is 0.336. The van der Waals surface area contributed by atoms with Gasteiger partial charge in [-0.1, -0.05) is 12.1 Å². The van der Waals surface area contributed by atoms with Crippen LogP contribution in [0.15, 0.2) is 24.8 Å². The van der Waals surface area contributed by atoms with E-state index in [1.807, 2.05) is 0 Å². The van der Waals surface area contributed by atoms with E-state index in [1.54, 1.807) is 19.9 Å². The molecule has 0 aliphatic heterocycles. The van der Waals surface area contributed by atoms with E-state index in [9.17, 15) is 8.78 Å². The summed E-state index contributed by atoms with van der Waals surface area (Å²) in [6.45, 7) is 6.90. The highest BCUT2D eigenvalue weighted by atomic mass is 19.1. The summed E-state index contributed by atoms with van der Waals surface area (Å²) in [5.74, 6) is -1.12. The molecule has 0 amide bonds. The zero-order chi connectivity index (χ0) is 10.7. The lowest BCUT2D eigenvalue weighted by molar-refractivity contribution is 0.581. The molecule has 1 rings (SSSR count). The molecule has 0 aliphatic carbocycles. The van der Waals surface area contributed by atoms with Gasteiger partial charge in [0, 0.05) is 6.04 Å². The third-order valence-electron chi connectivity index (χ3n) is 2.01. The predicted molar refractivity (Wildman–Crippen MR) is 54.4 cm³/mol. The minimum absolute atomic E-state index is 0.0857. The summed E-state index contributed by atoms with van der Waals surface area (Å²) < 4.78 is 26.6. The van der Waals surface area contributed by atoms with Crippen LogP contribution in [0.2, 0.25) is 0 Å². The molecule has 14 heavy (non-hydrogen) atoms. The van der Waals surface area contributed by atoms with Crippen molar-refractivity contribution in [2.75, 3.05) is 5.32 Å². The number of hydrogen-bond donors (Lipinski definition) is 1. The molecular weight excluding hydrogens is 184 g/mol. The number of halogens is 2. The average Bonchev–Trinajstić information content (AvgIpc) is 2.18. The van der Waals surface area contributed by atoms with Crippen LogP contribution in [-0.2, 0) is 0 Å². The molecule has 0 saturated carbocycles. The van der Waals surface area contributed by atoms with Gasteiger partial charge in [-0.15, -0.1) is 6.58 Å². The first-order chi connectivity index (χ1) is 6.56. The Morgan fingerprint density at radius 1 is 1.43 bits per heavy atom. The third kappa shape index (κ3) is 2.10. The second-order valence-corrected chi connectivity index (χ2v) is 3.22. The first-order valence-electron chi connectivity index (χ1n) is 4.40. The van der Waals surface area contributed by atoms with Crippen LogP contribution < -0.4 is 5.32 Å². The first-order valence-corrected chi connectivity index (χ1v) is 4.40. The Morgan fingerprint density at radius 2 is 2.07 bits per heavy atom. The number of anilines is 1. The monoisotopic (exact) mass is 197 g/mol. The summed E-state index contributed by atoms with van der Waals surface area (Å²) in [7, 11) is 0. The number of benzene rings is 1. The van der Waals surface area contributed by atoms with Gasteiger partial charge in [0.1, 0.15) is 11.5 Å². The van der Waals surface area contributed by atoms with Crippen LogP contribution >= 0.6 is 0 Å². The zero-order valence-electron chi connectivity index (χ0n) is 8.27. The van der Waals surface area contributed by atoms with Crippen LogP contribution in [0.1, 0.15) is 12.5 Å². The summed E-state index contributed by atoms with van der Waals surface area (Å²) in [5, 5.41) is 2.70. The molecule has 0 spiro atoms. The van der Waals surface area contributed by atoms with Crippen LogP contribution in [0.3, 0.4) is 0 Å². The van der Waals surface area contributed by atoms with E-state index in [-0.39, 0.29) is 11.7 Å². The smallest absolute Gasteiger partial charge is 0.152 e. The van der Waals surface area contributed by atoms with Gasteiger partial charge < -0.3 is 5.32 Å². The fourth-order valence-corrected chi connectivity index (χ4v) is 1.08. The molecule has 0 heterocycles. The Kier molecular flexibility index (Phi) is 3.23.